The SMILES string of the molecule is C=CC(=O)OCCOCCOCCOCCOCCOCCOCCOCCCCCCCCCCCCC. The molecule has 0 saturated heterocycles. The van der Waals surface area contributed by atoms with E-state index in [1.54, 1.807) is 0 Å². The van der Waals surface area contributed by atoms with Gasteiger partial charge in [0.1, 0.15) is 6.61 Å². The van der Waals surface area contributed by atoms with E-state index in [2.05, 4.69) is 13.5 Å². The maximum Gasteiger partial charge on any atom is 0.330 e. The Morgan fingerprint density at radius 2 is 0.718 bits per heavy atom. The summed E-state index contributed by atoms with van der Waals surface area (Å²) in [6.07, 6.45) is 16.0. The van der Waals surface area contributed by atoms with Crippen LogP contribution in [0, 0.1) is 0 Å². The van der Waals surface area contributed by atoms with E-state index in [1.807, 2.05) is 0 Å². The van der Waals surface area contributed by atoms with Crippen molar-refractivity contribution in [1.29, 1.82) is 0 Å². The van der Waals surface area contributed by atoms with Gasteiger partial charge in [-0.1, -0.05) is 77.7 Å². The van der Waals surface area contributed by atoms with E-state index in [0.717, 1.165) is 19.1 Å². The molecule has 0 spiro atoms. The first-order valence-corrected chi connectivity index (χ1v) is 15.1. The van der Waals surface area contributed by atoms with Crippen molar-refractivity contribution in [2.45, 2.75) is 77.6 Å². The third kappa shape index (κ3) is 34.9. The molecule has 0 aromatic heterocycles. The van der Waals surface area contributed by atoms with Gasteiger partial charge in [0.25, 0.3) is 0 Å². The van der Waals surface area contributed by atoms with Crippen molar-refractivity contribution in [2.24, 2.45) is 0 Å². The van der Waals surface area contributed by atoms with Gasteiger partial charge in [-0.05, 0) is 6.42 Å². The molecule has 0 radical (unpaired) electrons. The number of ether oxygens (including phenoxy) is 8. The first kappa shape index (κ1) is 37.9. The molecule has 0 N–H and O–H groups in total. The Hall–Kier alpha value is -1.07. The maximum atomic E-state index is 10.8. The van der Waals surface area contributed by atoms with Crippen LogP contribution in [0.25, 0.3) is 0 Å². The molecule has 232 valence electrons. The second-order valence-corrected chi connectivity index (χ2v) is 9.19. The topological polar surface area (TPSA) is 90.9 Å². The molecule has 0 saturated carbocycles. The lowest BCUT2D eigenvalue weighted by Crippen LogP contribution is -2.15. The van der Waals surface area contributed by atoms with Gasteiger partial charge in [-0.3, -0.25) is 0 Å². The van der Waals surface area contributed by atoms with Crippen molar-refractivity contribution < 1.29 is 42.7 Å². The first-order valence-electron chi connectivity index (χ1n) is 15.1. The van der Waals surface area contributed by atoms with Crippen molar-refractivity contribution in [3.8, 4) is 0 Å². The van der Waals surface area contributed by atoms with Gasteiger partial charge in [0.2, 0.25) is 0 Å². The zero-order chi connectivity index (χ0) is 28.3. The minimum Gasteiger partial charge on any atom is -0.460 e. The third-order valence-corrected chi connectivity index (χ3v) is 5.76. The van der Waals surface area contributed by atoms with E-state index in [4.69, 9.17) is 37.9 Å². The van der Waals surface area contributed by atoms with E-state index in [0.29, 0.717) is 85.9 Å². The molecule has 0 fully saturated rings. The highest BCUT2D eigenvalue weighted by molar-refractivity contribution is 5.81. The van der Waals surface area contributed by atoms with Gasteiger partial charge < -0.3 is 37.9 Å². The molecular formula is C30H58O9. The van der Waals surface area contributed by atoms with Gasteiger partial charge in [-0.25, -0.2) is 4.79 Å². The van der Waals surface area contributed by atoms with Gasteiger partial charge >= 0.3 is 5.97 Å². The van der Waals surface area contributed by atoms with E-state index in [9.17, 15) is 4.79 Å². The molecule has 0 aliphatic heterocycles. The molecule has 0 rings (SSSR count). The van der Waals surface area contributed by atoms with Gasteiger partial charge in [0, 0.05) is 12.7 Å². The lowest BCUT2D eigenvalue weighted by Gasteiger charge is -2.08. The summed E-state index contributed by atoms with van der Waals surface area (Å²) in [5.74, 6) is -0.449. The molecule has 0 aliphatic rings. The van der Waals surface area contributed by atoms with Crippen LogP contribution in [0.15, 0.2) is 12.7 Å². The molecule has 0 atom stereocenters. The molecule has 0 aromatic carbocycles. The van der Waals surface area contributed by atoms with E-state index in [-0.39, 0.29) is 6.61 Å². The van der Waals surface area contributed by atoms with Crippen molar-refractivity contribution >= 4 is 5.97 Å². The molecule has 0 aromatic rings. The minimum atomic E-state index is -0.449. The zero-order valence-electron chi connectivity index (χ0n) is 24.8. The molecule has 9 nitrogen and oxygen atoms in total. The summed E-state index contributed by atoms with van der Waals surface area (Å²) < 4.78 is 43.0. The van der Waals surface area contributed by atoms with Crippen LogP contribution in [-0.4, -0.2) is 105 Å². The Morgan fingerprint density at radius 3 is 1.05 bits per heavy atom. The zero-order valence-corrected chi connectivity index (χ0v) is 24.8. The first-order chi connectivity index (χ1) is 19.3. The summed E-state index contributed by atoms with van der Waals surface area (Å²) in [7, 11) is 0. The summed E-state index contributed by atoms with van der Waals surface area (Å²) in [6.45, 7) is 13.3. The Morgan fingerprint density at radius 1 is 0.436 bits per heavy atom. The molecule has 0 heterocycles. The fourth-order valence-corrected chi connectivity index (χ4v) is 3.55. The smallest absolute Gasteiger partial charge is 0.330 e. The summed E-state index contributed by atoms with van der Waals surface area (Å²) in [6, 6.07) is 0. The van der Waals surface area contributed by atoms with Gasteiger partial charge in [-0.15, -0.1) is 0 Å². The number of esters is 1. The Kier molecular flexibility index (Phi) is 34.0. The summed E-state index contributed by atoms with van der Waals surface area (Å²) >= 11 is 0. The summed E-state index contributed by atoms with van der Waals surface area (Å²) in [5, 5.41) is 0. The second kappa shape index (κ2) is 35.0. The van der Waals surface area contributed by atoms with Gasteiger partial charge in [0.15, 0.2) is 0 Å². The molecule has 0 aliphatic carbocycles. The van der Waals surface area contributed by atoms with Gasteiger partial charge in [-0.2, -0.15) is 0 Å². The summed E-state index contributed by atoms with van der Waals surface area (Å²) in [5.41, 5.74) is 0. The number of rotatable bonds is 34. The molecular weight excluding hydrogens is 504 g/mol. The summed E-state index contributed by atoms with van der Waals surface area (Å²) in [4.78, 5) is 10.8. The number of unbranched alkanes of at least 4 members (excludes halogenated alkanes) is 10. The molecule has 9 heteroatoms. The monoisotopic (exact) mass is 562 g/mol. The number of hydrogen-bond donors (Lipinski definition) is 0. The number of carbonyl (C=O) groups is 1. The number of hydrogen-bond acceptors (Lipinski definition) is 9. The van der Waals surface area contributed by atoms with E-state index < -0.39 is 5.97 Å². The predicted molar refractivity (Wildman–Crippen MR) is 153 cm³/mol. The van der Waals surface area contributed by atoms with Crippen LogP contribution in [0.2, 0.25) is 0 Å². The van der Waals surface area contributed by atoms with Crippen LogP contribution in [0.5, 0.6) is 0 Å². The lowest BCUT2D eigenvalue weighted by atomic mass is 10.1. The Labute approximate surface area is 238 Å². The highest BCUT2D eigenvalue weighted by Crippen LogP contribution is 2.11. The largest absolute Gasteiger partial charge is 0.460 e. The van der Waals surface area contributed by atoms with Crippen LogP contribution in [0.3, 0.4) is 0 Å². The van der Waals surface area contributed by atoms with Crippen LogP contribution < -0.4 is 0 Å². The fraction of sp³-hybridized carbons (Fsp3) is 0.900. The molecule has 0 bridgehead atoms. The van der Waals surface area contributed by atoms with Crippen molar-refractivity contribution in [3.63, 3.8) is 0 Å². The van der Waals surface area contributed by atoms with Crippen LogP contribution >= 0.6 is 0 Å². The van der Waals surface area contributed by atoms with Gasteiger partial charge in [0.05, 0.1) is 85.9 Å². The third-order valence-electron chi connectivity index (χ3n) is 5.76. The van der Waals surface area contributed by atoms with Crippen LogP contribution in [0.4, 0.5) is 0 Å². The molecule has 39 heavy (non-hydrogen) atoms. The standard InChI is InChI=1S/C30H58O9/c1-3-5-6-7-8-9-10-11-12-13-14-15-32-16-17-33-18-19-34-20-21-35-22-23-36-24-25-37-26-27-38-28-29-39-30(31)4-2/h4H,2-3,5-29H2,1H3. The van der Waals surface area contributed by atoms with Crippen molar-refractivity contribution in [3.05, 3.63) is 12.7 Å². The molecule has 0 unspecified atom stereocenters. The average Bonchev–Trinajstić information content (AvgIpc) is 2.95. The lowest BCUT2D eigenvalue weighted by molar-refractivity contribution is -0.139. The predicted octanol–water partition coefficient (Wildman–Crippen LogP) is 5.14. The fourth-order valence-electron chi connectivity index (χ4n) is 3.55. The van der Waals surface area contributed by atoms with E-state index in [1.165, 1.54) is 64.2 Å². The van der Waals surface area contributed by atoms with Crippen LogP contribution in [0.1, 0.15) is 77.6 Å². The molecule has 0 amide bonds. The average molecular weight is 563 g/mol. The van der Waals surface area contributed by atoms with Crippen molar-refractivity contribution in [1.82, 2.24) is 0 Å². The highest BCUT2D eigenvalue weighted by Gasteiger charge is 1.97. The normalized spacial score (nSPS) is 11.2. The number of carbonyl (C=O) groups excluding carboxylic acids is 1. The highest BCUT2D eigenvalue weighted by atomic mass is 16.6. The quantitative estimate of drug-likeness (QED) is 0.0600. The van der Waals surface area contributed by atoms with Crippen molar-refractivity contribution in [2.75, 3.05) is 99.1 Å². The van der Waals surface area contributed by atoms with E-state index >= 15 is 0 Å². The minimum absolute atomic E-state index is 0.210. The maximum absolute atomic E-state index is 10.8. The Balaban J connectivity index is 3.04. The Bertz CT molecular complexity index is 491. The second-order valence-electron chi connectivity index (χ2n) is 9.19. The van der Waals surface area contributed by atoms with Crippen LogP contribution in [-0.2, 0) is 42.7 Å².